The molecule has 134 valence electrons. The van der Waals surface area contributed by atoms with Crippen molar-refractivity contribution in [3.63, 3.8) is 0 Å². The van der Waals surface area contributed by atoms with E-state index in [4.69, 9.17) is 9.84 Å². The molecule has 4 nitrogen and oxygen atoms in total. The van der Waals surface area contributed by atoms with Crippen molar-refractivity contribution in [2.75, 3.05) is 13.2 Å². The van der Waals surface area contributed by atoms with Crippen LogP contribution in [-0.4, -0.2) is 30.3 Å². The number of benzene rings is 2. The molecule has 5 heteroatoms. The second-order valence-electron chi connectivity index (χ2n) is 6.38. The normalized spacial score (nSPS) is 20.0. The number of rotatable bonds is 6. The maximum absolute atomic E-state index is 11.0. The summed E-state index contributed by atoms with van der Waals surface area (Å²) < 4.78 is 6.27. The zero-order chi connectivity index (χ0) is 16.8. The summed E-state index contributed by atoms with van der Waals surface area (Å²) in [5.41, 5.74) is 2.28. The van der Waals surface area contributed by atoms with Gasteiger partial charge in [-0.15, -0.1) is 0 Å². The van der Waals surface area contributed by atoms with Crippen LogP contribution in [0.2, 0.25) is 0 Å². The van der Waals surface area contributed by atoms with E-state index in [0.717, 1.165) is 24.0 Å². The number of aliphatic carboxylic acids is 1. The largest absolute Gasteiger partial charge is 1.00 e. The third-order valence-corrected chi connectivity index (χ3v) is 4.67. The summed E-state index contributed by atoms with van der Waals surface area (Å²) >= 11 is 0. The minimum absolute atomic E-state index is 0. The molecule has 0 radical (unpaired) electrons. The Morgan fingerprint density at radius 3 is 2.04 bits per heavy atom. The Kier molecular flexibility index (Phi) is 7.44. The van der Waals surface area contributed by atoms with Crippen molar-refractivity contribution in [2.24, 2.45) is 5.92 Å². The van der Waals surface area contributed by atoms with Gasteiger partial charge >= 0.3 is 5.97 Å². The molecule has 2 aromatic carbocycles. The van der Waals surface area contributed by atoms with Gasteiger partial charge in [-0.25, -0.2) is 0 Å². The fourth-order valence-electron chi connectivity index (χ4n) is 3.24. The van der Waals surface area contributed by atoms with Crippen molar-refractivity contribution < 1.29 is 32.4 Å². The van der Waals surface area contributed by atoms with Crippen molar-refractivity contribution in [3.05, 3.63) is 71.8 Å². The molecule has 0 bridgehead atoms. The molecular weight excluding hydrogens is 338 g/mol. The predicted molar refractivity (Wildman–Crippen MR) is 91.6 cm³/mol. The maximum Gasteiger partial charge on any atom is 0.312 e. The average molecular weight is 362 g/mol. The smallest absolute Gasteiger partial charge is 0.312 e. The van der Waals surface area contributed by atoms with E-state index < -0.39 is 5.97 Å². The molecule has 25 heavy (non-hydrogen) atoms. The number of ether oxygens (including phenoxy) is 1. The van der Waals surface area contributed by atoms with Crippen LogP contribution in [-0.2, 0) is 9.53 Å². The average Bonchev–Trinajstić information content (AvgIpc) is 2.64. The van der Waals surface area contributed by atoms with E-state index in [1.54, 1.807) is 0 Å². The van der Waals surface area contributed by atoms with E-state index in [9.17, 15) is 4.79 Å². The van der Waals surface area contributed by atoms with Crippen LogP contribution in [0.15, 0.2) is 60.7 Å². The second kappa shape index (κ2) is 9.56. The highest BCUT2D eigenvalue weighted by atomic mass is 35.5. The number of carboxylic acid groups (broad SMARTS) is 1. The number of quaternary nitrogens is 1. The summed E-state index contributed by atoms with van der Waals surface area (Å²) in [7, 11) is 0. The summed E-state index contributed by atoms with van der Waals surface area (Å²) in [5.74, 6) is -0.905. The van der Waals surface area contributed by atoms with Crippen LogP contribution in [0, 0.1) is 5.92 Å². The lowest BCUT2D eigenvalue weighted by atomic mass is 9.95. The molecule has 1 aliphatic rings. The van der Waals surface area contributed by atoms with Crippen LogP contribution >= 0.6 is 0 Å². The van der Waals surface area contributed by atoms with Crippen LogP contribution in [0.1, 0.15) is 30.1 Å². The molecule has 0 spiro atoms. The SMILES string of the molecule is O=C(O)[C@@H]1CC[C@@H](COC(c2ccccc2)c2ccccc2)[NH2+]C1.[Cl-]. The number of nitrogens with two attached hydrogens (primary N) is 1. The Morgan fingerprint density at radius 2 is 1.60 bits per heavy atom. The van der Waals surface area contributed by atoms with Gasteiger partial charge in [0.1, 0.15) is 18.1 Å². The molecule has 3 N–H and O–H groups in total. The summed E-state index contributed by atoms with van der Waals surface area (Å²) in [6.07, 6.45) is 1.53. The molecule has 0 unspecified atom stereocenters. The summed E-state index contributed by atoms with van der Waals surface area (Å²) in [4.78, 5) is 11.0. The standard InChI is InChI=1S/C20H23NO3.ClH/c22-20(23)17-11-12-18(21-13-17)14-24-19(15-7-3-1-4-8-15)16-9-5-2-6-10-16;/h1-10,17-19,21H,11-14H2,(H,22,23);1H/t17-,18+;/m1./s1. The fraction of sp³-hybridized carbons (Fsp3) is 0.350. The number of halogens is 1. The molecule has 0 amide bonds. The van der Waals surface area contributed by atoms with Crippen LogP contribution in [0.4, 0.5) is 0 Å². The molecule has 1 fully saturated rings. The zero-order valence-corrected chi connectivity index (χ0v) is 14.8. The highest BCUT2D eigenvalue weighted by Gasteiger charge is 2.29. The second-order valence-corrected chi connectivity index (χ2v) is 6.38. The van der Waals surface area contributed by atoms with E-state index in [1.165, 1.54) is 0 Å². The van der Waals surface area contributed by atoms with Crippen LogP contribution < -0.4 is 17.7 Å². The Balaban J connectivity index is 0.00000225. The molecule has 0 aromatic heterocycles. The van der Waals surface area contributed by atoms with Gasteiger partial charge < -0.3 is 27.6 Å². The number of piperidine rings is 1. The van der Waals surface area contributed by atoms with Gasteiger partial charge in [0.15, 0.2) is 0 Å². The van der Waals surface area contributed by atoms with E-state index >= 15 is 0 Å². The monoisotopic (exact) mass is 361 g/mol. The van der Waals surface area contributed by atoms with Crippen molar-refractivity contribution >= 4 is 5.97 Å². The number of carboxylic acids is 1. The number of carbonyl (C=O) groups is 1. The third kappa shape index (κ3) is 5.30. The van der Waals surface area contributed by atoms with E-state index in [0.29, 0.717) is 19.2 Å². The van der Waals surface area contributed by atoms with Gasteiger partial charge in [0.25, 0.3) is 0 Å². The quantitative estimate of drug-likeness (QED) is 0.710. The van der Waals surface area contributed by atoms with Gasteiger partial charge in [-0.05, 0) is 17.5 Å². The summed E-state index contributed by atoms with van der Waals surface area (Å²) in [6, 6.07) is 20.8. The van der Waals surface area contributed by atoms with E-state index in [2.05, 4.69) is 29.6 Å². The Morgan fingerprint density at radius 1 is 1.04 bits per heavy atom. The predicted octanol–water partition coefficient (Wildman–Crippen LogP) is -0.777. The molecule has 3 rings (SSSR count). The molecule has 1 aliphatic heterocycles. The first kappa shape index (κ1) is 19.4. The highest BCUT2D eigenvalue weighted by Crippen LogP contribution is 2.26. The molecule has 0 aliphatic carbocycles. The Bertz CT molecular complexity index is 603. The Labute approximate surface area is 154 Å². The summed E-state index contributed by atoms with van der Waals surface area (Å²) in [6.45, 7) is 1.27. The van der Waals surface area contributed by atoms with Crippen molar-refractivity contribution in [3.8, 4) is 0 Å². The minimum atomic E-state index is -0.683. The molecular formula is C20H24ClNO3. The first-order valence-electron chi connectivity index (χ1n) is 8.51. The lowest BCUT2D eigenvalue weighted by Crippen LogP contribution is -3.00. The topological polar surface area (TPSA) is 63.1 Å². The molecule has 2 atom stereocenters. The highest BCUT2D eigenvalue weighted by molar-refractivity contribution is 5.70. The zero-order valence-electron chi connectivity index (χ0n) is 14.1. The van der Waals surface area contributed by atoms with Gasteiger partial charge in [0.05, 0.1) is 13.2 Å². The van der Waals surface area contributed by atoms with E-state index in [1.807, 2.05) is 36.4 Å². The van der Waals surface area contributed by atoms with Gasteiger partial charge in [-0.3, -0.25) is 4.79 Å². The number of hydrogen-bond acceptors (Lipinski definition) is 2. The van der Waals surface area contributed by atoms with Crippen molar-refractivity contribution in [1.29, 1.82) is 0 Å². The fourth-order valence-corrected chi connectivity index (χ4v) is 3.24. The number of hydrogen-bond donors (Lipinski definition) is 2. The van der Waals surface area contributed by atoms with Crippen LogP contribution in [0.5, 0.6) is 0 Å². The van der Waals surface area contributed by atoms with Crippen molar-refractivity contribution in [1.82, 2.24) is 0 Å². The maximum atomic E-state index is 11.0. The molecule has 2 aromatic rings. The Hall–Kier alpha value is -1.88. The van der Waals surface area contributed by atoms with Crippen LogP contribution in [0.3, 0.4) is 0 Å². The van der Waals surface area contributed by atoms with Gasteiger partial charge in [0, 0.05) is 6.42 Å². The lowest BCUT2D eigenvalue weighted by Gasteiger charge is -2.26. The first-order valence-corrected chi connectivity index (χ1v) is 8.51. The summed E-state index contributed by atoms with van der Waals surface area (Å²) in [5, 5.41) is 11.2. The van der Waals surface area contributed by atoms with Gasteiger partial charge in [0.2, 0.25) is 0 Å². The van der Waals surface area contributed by atoms with Crippen molar-refractivity contribution in [2.45, 2.75) is 25.0 Å². The van der Waals surface area contributed by atoms with Gasteiger partial charge in [-0.1, -0.05) is 60.7 Å². The van der Waals surface area contributed by atoms with Crippen LogP contribution in [0.25, 0.3) is 0 Å². The third-order valence-electron chi connectivity index (χ3n) is 4.67. The lowest BCUT2D eigenvalue weighted by molar-refractivity contribution is -0.703. The minimum Gasteiger partial charge on any atom is -1.00 e. The van der Waals surface area contributed by atoms with Gasteiger partial charge in [-0.2, -0.15) is 0 Å². The first-order chi connectivity index (χ1) is 11.7. The molecule has 0 saturated carbocycles. The van der Waals surface area contributed by atoms with E-state index in [-0.39, 0.29) is 24.4 Å². The molecule has 1 saturated heterocycles. The molecule has 1 heterocycles.